The maximum Gasteiger partial charge on any atom is 0.231 e. The van der Waals surface area contributed by atoms with Crippen LogP contribution in [0.25, 0.3) is 0 Å². The molecule has 0 fully saturated rings. The number of alkyl halides is 1. The average Bonchev–Trinajstić information content (AvgIpc) is 3.21. The Balaban J connectivity index is 1.83. The zero-order chi connectivity index (χ0) is 18.0. The normalized spacial score (nSPS) is 13.1. The number of aryl methyl sites for hydroxylation is 1. The summed E-state index contributed by atoms with van der Waals surface area (Å²) in [5, 5.41) is 0. The van der Waals surface area contributed by atoms with Gasteiger partial charge in [-0.1, -0.05) is 6.07 Å². The molecule has 0 atom stereocenters. The van der Waals surface area contributed by atoms with E-state index in [0.717, 1.165) is 22.8 Å². The van der Waals surface area contributed by atoms with Crippen molar-refractivity contribution in [3.63, 3.8) is 0 Å². The Kier molecular flexibility index (Phi) is 4.95. The van der Waals surface area contributed by atoms with Crippen LogP contribution in [0.5, 0.6) is 11.5 Å². The van der Waals surface area contributed by atoms with Crippen LogP contribution in [0.4, 0.5) is 0 Å². The fourth-order valence-electron chi connectivity index (χ4n) is 2.70. The second-order valence-electron chi connectivity index (χ2n) is 6.88. The summed E-state index contributed by atoms with van der Waals surface area (Å²) in [5.41, 5.74) is 0.311. The highest BCUT2D eigenvalue weighted by Gasteiger charge is 2.32. The van der Waals surface area contributed by atoms with E-state index in [-0.39, 0.29) is 18.6 Å². The second kappa shape index (κ2) is 7.00. The van der Waals surface area contributed by atoms with Crippen LogP contribution in [0.2, 0.25) is 0 Å². The van der Waals surface area contributed by atoms with Gasteiger partial charge in [0.15, 0.2) is 11.5 Å². The van der Waals surface area contributed by atoms with E-state index in [1.807, 2.05) is 51.1 Å². The van der Waals surface area contributed by atoms with Crippen molar-refractivity contribution in [3.05, 3.63) is 47.4 Å². The molecule has 6 heteroatoms. The number of hydrogen-bond donors (Lipinski definition) is 0. The number of nitrogens with zero attached hydrogens (tertiary/aromatic N) is 1. The molecule has 2 aromatic rings. The van der Waals surface area contributed by atoms with Crippen LogP contribution in [-0.4, -0.2) is 23.5 Å². The van der Waals surface area contributed by atoms with Crippen LogP contribution < -0.4 is 9.47 Å². The number of hydrogen-bond acceptors (Lipinski definition) is 4. The highest BCUT2D eigenvalue weighted by molar-refractivity contribution is 6.19. The summed E-state index contributed by atoms with van der Waals surface area (Å²) in [4.78, 5) is 14.8. The van der Waals surface area contributed by atoms with E-state index in [1.165, 1.54) is 0 Å². The van der Waals surface area contributed by atoms with Crippen molar-refractivity contribution < 1.29 is 18.7 Å². The molecule has 134 valence electrons. The Morgan fingerprint density at radius 1 is 1.16 bits per heavy atom. The maximum atomic E-state index is 13.0. The number of amides is 1. The van der Waals surface area contributed by atoms with E-state index in [1.54, 1.807) is 4.90 Å². The van der Waals surface area contributed by atoms with Crippen LogP contribution >= 0.6 is 11.6 Å². The minimum absolute atomic E-state index is 0.0192. The highest BCUT2D eigenvalue weighted by Crippen LogP contribution is 2.33. The van der Waals surface area contributed by atoms with Crippen molar-refractivity contribution in [1.29, 1.82) is 0 Å². The van der Waals surface area contributed by atoms with Crippen molar-refractivity contribution in [3.8, 4) is 11.5 Å². The molecule has 0 aliphatic carbocycles. The van der Waals surface area contributed by atoms with E-state index in [0.29, 0.717) is 18.8 Å². The lowest BCUT2D eigenvalue weighted by atomic mass is 9.94. The molecular formula is C19H22ClNO4. The molecule has 1 aromatic heterocycles. The third kappa shape index (κ3) is 3.93. The maximum absolute atomic E-state index is 13.0. The molecule has 2 heterocycles. The number of benzene rings is 1. The molecule has 0 bridgehead atoms. The minimum atomic E-state index is -0.653. The highest BCUT2D eigenvalue weighted by atomic mass is 35.5. The topological polar surface area (TPSA) is 51.9 Å². The summed E-state index contributed by atoms with van der Waals surface area (Å²) in [6.45, 7) is 6.64. The quantitative estimate of drug-likeness (QED) is 0.725. The predicted octanol–water partition coefficient (Wildman–Crippen LogP) is 4.11. The molecule has 0 saturated carbocycles. The first kappa shape index (κ1) is 17.7. The van der Waals surface area contributed by atoms with Gasteiger partial charge in [0, 0.05) is 12.4 Å². The van der Waals surface area contributed by atoms with Crippen molar-refractivity contribution in [1.82, 2.24) is 4.90 Å². The standard InChI is InChI=1S/C19H22ClNO4/c1-13-4-6-15(25-13)10-21(18(22)19(2,3)11-20)9-14-5-7-16-17(8-14)24-12-23-16/h4-8H,9-12H2,1-3H3. The van der Waals surface area contributed by atoms with Crippen LogP contribution in [0.15, 0.2) is 34.7 Å². The van der Waals surface area contributed by atoms with Crippen molar-refractivity contribution in [2.24, 2.45) is 5.41 Å². The first-order chi connectivity index (χ1) is 11.9. The SMILES string of the molecule is Cc1ccc(CN(Cc2ccc3c(c2)OCO3)C(=O)C(C)(C)CCl)o1. The molecule has 1 aliphatic rings. The Morgan fingerprint density at radius 3 is 2.60 bits per heavy atom. The van der Waals surface area contributed by atoms with Crippen molar-refractivity contribution in [2.45, 2.75) is 33.9 Å². The number of carbonyl (C=O) groups excluding carboxylic acids is 1. The Labute approximate surface area is 152 Å². The molecule has 1 aromatic carbocycles. The fraction of sp³-hybridized carbons (Fsp3) is 0.421. The van der Waals surface area contributed by atoms with Gasteiger partial charge in [0.25, 0.3) is 0 Å². The third-order valence-electron chi connectivity index (χ3n) is 4.15. The van der Waals surface area contributed by atoms with Crippen molar-refractivity contribution >= 4 is 17.5 Å². The van der Waals surface area contributed by atoms with Gasteiger partial charge in [-0.15, -0.1) is 11.6 Å². The van der Waals surface area contributed by atoms with Crippen LogP contribution in [0.1, 0.15) is 30.9 Å². The third-order valence-corrected chi connectivity index (χ3v) is 4.82. The molecule has 3 rings (SSSR count). The van der Waals surface area contributed by atoms with Crippen molar-refractivity contribution in [2.75, 3.05) is 12.7 Å². The lowest BCUT2D eigenvalue weighted by Crippen LogP contribution is -2.41. The van der Waals surface area contributed by atoms with Gasteiger partial charge >= 0.3 is 0 Å². The summed E-state index contributed by atoms with van der Waals surface area (Å²) in [6.07, 6.45) is 0. The number of rotatable bonds is 6. The van der Waals surface area contributed by atoms with Crippen LogP contribution in [0.3, 0.4) is 0 Å². The molecule has 0 saturated heterocycles. The summed E-state index contributed by atoms with van der Waals surface area (Å²) in [5.74, 6) is 3.23. The van der Waals surface area contributed by atoms with Gasteiger partial charge in [0.2, 0.25) is 12.7 Å². The van der Waals surface area contributed by atoms with Gasteiger partial charge in [0.1, 0.15) is 11.5 Å². The molecular weight excluding hydrogens is 342 g/mol. The fourth-order valence-corrected chi connectivity index (χ4v) is 2.82. The van der Waals surface area contributed by atoms with Gasteiger partial charge in [0.05, 0.1) is 12.0 Å². The molecule has 0 radical (unpaired) electrons. The number of furan rings is 1. The van der Waals surface area contributed by atoms with Gasteiger partial charge in [-0.2, -0.15) is 0 Å². The van der Waals surface area contributed by atoms with E-state index in [2.05, 4.69) is 0 Å². The molecule has 1 amide bonds. The molecule has 1 aliphatic heterocycles. The summed E-state index contributed by atoms with van der Waals surface area (Å²) in [6, 6.07) is 9.50. The smallest absolute Gasteiger partial charge is 0.231 e. The molecule has 25 heavy (non-hydrogen) atoms. The Hall–Kier alpha value is -2.14. The lowest BCUT2D eigenvalue weighted by molar-refractivity contribution is -0.140. The lowest BCUT2D eigenvalue weighted by Gasteiger charge is -2.30. The van der Waals surface area contributed by atoms with E-state index in [4.69, 9.17) is 25.5 Å². The Bertz CT molecular complexity index is 769. The zero-order valence-corrected chi connectivity index (χ0v) is 15.4. The second-order valence-corrected chi connectivity index (χ2v) is 7.15. The van der Waals surface area contributed by atoms with Gasteiger partial charge in [-0.05, 0) is 50.6 Å². The average molecular weight is 364 g/mol. The van der Waals surface area contributed by atoms with E-state index >= 15 is 0 Å². The molecule has 0 unspecified atom stereocenters. The molecule has 0 spiro atoms. The number of carbonyl (C=O) groups is 1. The summed E-state index contributed by atoms with van der Waals surface area (Å²) < 4.78 is 16.4. The molecule has 5 nitrogen and oxygen atoms in total. The zero-order valence-electron chi connectivity index (χ0n) is 14.7. The van der Waals surface area contributed by atoms with E-state index in [9.17, 15) is 4.79 Å². The number of ether oxygens (including phenoxy) is 2. The van der Waals surface area contributed by atoms with Crippen LogP contribution in [0, 0.1) is 12.3 Å². The van der Waals surface area contributed by atoms with Gasteiger partial charge in [-0.3, -0.25) is 4.79 Å². The van der Waals surface area contributed by atoms with Gasteiger partial charge < -0.3 is 18.8 Å². The van der Waals surface area contributed by atoms with Crippen LogP contribution in [-0.2, 0) is 17.9 Å². The van der Waals surface area contributed by atoms with Gasteiger partial charge in [-0.25, -0.2) is 0 Å². The predicted molar refractivity (Wildman–Crippen MR) is 94.8 cm³/mol. The largest absolute Gasteiger partial charge is 0.464 e. The molecule has 0 N–H and O–H groups in total. The first-order valence-electron chi connectivity index (χ1n) is 8.18. The van der Waals surface area contributed by atoms with E-state index < -0.39 is 5.41 Å². The first-order valence-corrected chi connectivity index (χ1v) is 8.72. The Morgan fingerprint density at radius 2 is 1.92 bits per heavy atom. The summed E-state index contributed by atoms with van der Waals surface area (Å²) in [7, 11) is 0. The minimum Gasteiger partial charge on any atom is -0.464 e. The number of fused-ring (bicyclic) bond motifs is 1. The monoisotopic (exact) mass is 363 g/mol. The summed E-state index contributed by atoms with van der Waals surface area (Å²) >= 11 is 6.01. The number of halogens is 1.